The predicted octanol–water partition coefficient (Wildman–Crippen LogP) is 4.74. The smallest absolute Gasteiger partial charge is 0.247 e. The maximum atomic E-state index is 14.0. The van der Waals surface area contributed by atoms with Gasteiger partial charge in [0.05, 0.1) is 34.5 Å². The quantitative estimate of drug-likeness (QED) is 0.335. The van der Waals surface area contributed by atoms with Gasteiger partial charge in [-0.1, -0.05) is 29.0 Å². The average Bonchev–Trinajstić information content (AvgIpc) is 3.55. The van der Waals surface area contributed by atoms with Crippen molar-refractivity contribution >= 4 is 54.2 Å². The van der Waals surface area contributed by atoms with Crippen LogP contribution in [-0.2, 0) is 21.4 Å². The van der Waals surface area contributed by atoms with Crippen LogP contribution in [0.15, 0.2) is 71.8 Å². The van der Waals surface area contributed by atoms with Crippen molar-refractivity contribution in [2.24, 2.45) is 0 Å². The number of methoxy groups -OCH3 is 1. The number of fused-ring (bicyclic) bond motifs is 1. The number of nitrogens with zero attached hydrogens (tertiary/aromatic N) is 4. The maximum absolute atomic E-state index is 14.0. The van der Waals surface area contributed by atoms with E-state index in [1.165, 1.54) is 39.8 Å². The van der Waals surface area contributed by atoms with Crippen LogP contribution >= 0.6 is 22.9 Å². The van der Waals surface area contributed by atoms with E-state index in [4.69, 9.17) is 16.3 Å². The number of carbonyl (C=O) groups is 1. The van der Waals surface area contributed by atoms with Crippen molar-refractivity contribution in [3.63, 3.8) is 0 Å². The van der Waals surface area contributed by atoms with Gasteiger partial charge in [0, 0.05) is 17.8 Å². The van der Waals surface area contributed by atoms with Crippen molar-refractivity contribution in [3.05, 3.63) is 77.6 Å². The van der Waals surface area contributed by atoms with Crippen molar-refractivity contribution in [1.29, 1.82) is 0 Å². The fourth-order valence-electron chi connectivity index (χ4n) is 4.23. The van der Waals surface area contributed by atoms with E-state index in [0.29, 0.717) is 40.0 Å². The molecule has 8 nitrogen and oxygen atoms in total. The molecule has 0 aliphatic carbocycles. The lowest BCUT2D eigenvalue weighted by molar-refractivity contribution is -0.121. The highest BCUT2D eigenvalue weighted by Gasteiger charge is 2.42. The summed E-state index contributed by atoms with van der Waals surface area (Å²) in [6, 6.07) is 16.2. The fraction of sp³-hybridized carbons (Fsp3) is 0.240. The molecule has 2 aromatic carbocycles. The summed E-state index contributed by atoms with van der Waals surface area (Å²) in [5, 5.41) is 1.05. The first-order valence-corrected chi connectivity index (χ1v) is 13.9. The molecule has 0 saturated carbocycles. The number of anilines is 1. The molecule has 1 unspecified atom stereocenters. The maximum Gasteiger partial charge on any atom is 0.247 e. The van der Waals surface area contributed by atoms with Gasteiger partial charge in [0.25, 0.3) is 0 Å². The Hall–Kier alpha value is -3.05. The lowest BCUT2D eigenvalue weighted by Gasteiger charge is -2.28. The topological polar surface area (TPSA) is 92.7 Å². The summed E-state index contributed by atoms with van der Waals surface area (Å²) in [7, 11) is -2.38. The first kappa shape index (κ1) is 24.6. The molecule has 0 N–H and O–H groups in total. The van der Waals surface area contributed by atoms with Crippen LogP contribution in [0.25, 0.3) is 10.2 Å². The van der Waals surface area contributed by atoms with Crippen LogP contribution in [0.2, 0.25) is 5.02 Å². The number of benzene rings is 2. The minimum absolute atomic E-state index is 0.119. The van der Waals surface area contributed by atoms with E-state index in [-0.39, 0.29) is 23.9 Å². The van der Waals surface area contributed by atoms with Crippen molar-refractivity contribution in [1.82, 2.24) is 14.3 Å². The van der Waals surface area contributed by atoms with Crippen LogP contribution < -0.4 is 9.64 Å². The lowest BCUT2D eigenvalue weighted by Crippen LogP contribution is -2.47. The summed E-state index contributed by atoms with van der Waals surface area (Å²) >= 11 is 7.49. The zero-order chi connectivity index (χ0) is 25.3. The summed E-state index contributed by atoms with van der Waals surface area (Å²) in [6.07, 6.45) is 2.66. The molecule has 0 radical (unpaired) electrons. The summed E-state index contributed by atoms with van der Waals surface area (Å²) in [5.74, 6) is 0.223. The van der Waals surface area contributed by atoms with Crippen LogP contribution in [0.3, 0.4) is 0 Å². The second kappa shape index (κ2) is 10.1. The standard InChI is InChI=1S/C25H23ClN4O4S2/c1-34-19-8-10-20(11-9-19)36(32,33)30-14-4-6-22(30)24(31)29(16-18-5-2-3-13-27-18)25-28-21-12-7-17(26)15-23(21)35-25/h2-3,5,7-13,15,22H,4,6,14,16H2,1H3. The Morgan fingerprint density at radius 3 is 2.72 bits per heavy atom. The number of halogens is 1. The Bertz CT molecular complexity index is 1490. The number of aromatic nitrogens is 2. The molecule has 1 fully saturated rings. The normalized spacial score (nSPS) is 16.3. The van der Waals surface area contributed by atoms with Crippen LogP contribution in [0.4, 0.5) is 5.13 Å². The molecule has 1 saturated heterocycles. The number of pyridine rings is 1. The van der Waals surface area contributed by atoms with Gasteiger partial charge in [-0.25, -0.2) is 13.4 Å². The van der Waals surface area contributed by atoms with Crippen LogP contribution in [-0.4, -0.2) is 48.3 Å². The molecule has 5 rings (SSSR count). The van der Waals surface area contributed by atoms with Gasteiger partial charge in [-0.15, -0.1) is 0 Å². The first-order valence-electron chi connectivity index (χ1n) is 11.3. The SMILES string of the molecule is COc1ccc(S(=O)(=O)N2CCCC2C(=O)N(Cc2ccccn2)c2nc3ccc(Cl)cc3s2)cc1. The van der Waals surface area contributed by atoms with E-state index < -0.39 is 16.1 Å². The van der Waals surface area contributed by atoms with Gasteiger partial charge in [0.2, 0.25) is 15.9 Å². The molecule has 1 atom stereocenters. The number of sulfonamides is 1. The molecular weight excluding hydrogens is 520 g/mol. The third kappa shape index (κ3) is 4.81. The molecule has 3 heterocycles. The number of hydrogen-bond donors (Lipinski definition) is 0. The molecule has 2 aromatic heterocycles. The summed E-state index contributed by atoms with van der Waals surface area (Å²) in [4.78, 5) is 24.7. The summed E-state index contributed by atoms with van der Waals surface area (Å²) in [5.41, 5.74) is 1.39. The summed E-state index contributed by atoms with van der Waals surface area (Å²) < 4.78 is 34.3. The van der Waals surface area contributed by atoms with Gasteiger partial charge >= 0.3 is 0 Å². The second-order valence-corrected chi connectivity index (χ2v) is 11.6. The van der Waals surface area contributed by atoms with Crippen LogP contribution in [0.1, 0.15) is 18.5 Å². The second-order valence-electron chi connectivity index (χ2n) is 8.30. The Balaban J connectivity index is 1.51. The fourth-order valence-corrected chi connectivity index (χ4v) is 7.13. The van der Waals surface area contributed by atoms with Crippen LogP contribution in [0.5, 0.6) is 5.75 Å². The molecule has 1 aliphatic rings. The first-order chi connectivity index (χ1) is 17.4. The van der Waals surface area contributed by atoms with Crippen molar-refractivity contribution in [2.45, 2.75) is 30.3 Å². The van der Waals surface area contributed by atoms with Crippen LogP contribution in [0, 0.1) is 0 Å². The van der Waals surface area contributed by atoms with Gasteiger partial charge in [-0.2, -0.15) is 4.31 Å². The number of ether oxygens (including phenoxy) is 1. The van der Waals surface area contributed by atoms with Crippen molar-refractivity contribution < 1.29 is 17.9 Å². The highest BCUT2D eigenvalue weighted by atomic mass is 35.5. The Kier molecular flexibility index (Phi) is 6.94. The van der Waals surface area contributed by atoms with Gasteiger partial charge in [0.1, 0.15) is 11.8 Å². The minimum Gasteiger partial charge on any atom is -0.497 e. The largest absolute Gasteiger partial charge is 0.497 e. The Morgan fingerprint density at radius 2 is 2.00 bits per heavy atom. The van der Waals surface area contributed by atoms with E-state index in [1.54, 1.807) is 42.6 Å². The highest BCUT2D eigenvalue weighted by Crippen LogP contribution is 2.34. The van der Waals surface area contributed by atoms with Gasteiger partial charge in [-0.05, 0) is 67.4 Å². The molecule has 11 heteroatoms. The Labute approximate surface area is 218 Å². The van der Waals surface area contributed by atoms with E-state index in [1.807, 2.05) is 12.1 Å². The monoisotopic (exact) mass is 542 g/mol. The molecule has 0 spiro atoms. The molecule has 0 bridgehead atoms. The third-order valence-corrected chi connectivity index (χ3v) is 9.24. The van der Waals surface area contributed by atoms with E-state index in [9.17, 15) is 13.2 Å². The molecule has 36 heavy (non-hydrogen) atoms. The number of hydrogen-bond acceptors (Lipinski definition) is 7. The zero-order valence-electron chi connectivity index (χ0n) is 19.4. The van der Waals surface area contributed by atoms with Crippen molar-refractivity contribution in [3.8, 4) is 5.75 Å². The minimum atomic E-state index is -3.90. The molecule has 1 amide bonds. The predicted molar refractivity (Wildman–Crippen MR) is 140 cm³/mol. The van der Waals surface area contributed by atoms with Gasteiger partial charge in [0.15, 0.2) is 5.13 Å². The molecule has 186 valence electrons. The number of rotatable bonds is 7. The third-order valence-electron chi connectivity index (χ3n) is 6.04. The number of thiazole rings is 1. The van der Waals surface area contributed by atoms with E-state index in [0.717, 1.165) is 4.70 Å². The molecule has 4 aromatic rings. The van der Waals surface area contributed by atoms with Crippen molar-refractivity contribution in [2.75, 3.05) is 18.6 Å². The Morgan fingerprint density at radius 1 is 1.19 bits per heavy atom. The summed E-state index contributed by atoms with van der Waals surface area (Å²) in [6.45, 7) is 0.428. The molecule has 1 aliphatic heterocycles. The average molecular weight is 543 g/mol. The lowest BCUT2D eigenvalue weighted by atomic mass is 10.2. The molecular formula is C25H23ClN4O4S2. The number of carbonyl (C=O) groups excluding carboxylic acids is 1. The van der Waals surface area contributed by atoms with Gasteiger partial charge in [-0.3, -0.25) is 14.7 Å². The highest BCUT2D eigenvalue weighted by molar-refractivity contribution is 7.89. The van der Waals surface area contributed by atoms with E-state index in [2.05, 4.69) is 9.97 Å². The number of amides is 1. The van der Waals surface area contributed by atoms with E-state index >= 15 is 0 Å². The zero-order valence-corrected chi connectivity index (χ0v) is 21.8. The van der Waals surface area contributed by atoms with Gasteiger partial charge < -0.3 is 4.74 Å².